The van der Waals surface area contributed by atoms with Crippen LogP contribution in [0.25, 0.3) is 11.3 Å². The molecule has 40 heavy (non-hydrogen) atoms. The highest BCUT2D eigenvalue weighted by Gasteiger charge is 2.36. The molecule has 0 saturated heterocycles. The number of carbonyl (C=O) groups excluding carboxylic acids is 2. The Kier molecular flexibility index (Phi) is 6.73. The van der Waals surface area contributed by atoms with Gasteiger partial charge < -0.3 is 14.8 Å². The van der Waals surface area contributed by atoms with Gasteiger partial charge in [0.15, 0.2) is 4.80 Å². The van der Waals surface area contributed by atoms with Crippen LogP contribution in [-0.4, -0.2) is 30.2 Å². The first-order valence-electron chi connectivity index (χ1n) is 12.5. The highest BCUT2D eigenvalue weighted by atomic mass is 79.9. The lowest BCUT2D eigenvalue weighted by Gasteiger charge is -2.26. The number of benzene rings is 3. The number of esters is 1. The number of aromatic nitrogens is 1. The van der Waals surface area contributed by atoms with Crippen molar-refractivity contribution < 1.29 is 19.1 Å². The van der Waals surface area contributed by atoms with Crippen molar-refractivity contribution in [3.05, 3.63) is 119 Å². The van der Waals surface area contributed by atoms with Crippen LogP contribution in [-0.2, 0) is 14.3 Å². The minimum atomic E-state index is -0.850. The van der Waals surface area contributed by atoms with Crippen LogP contribution in [0, 0.1) is 0 Å². The van der Waals surface area contributed by atoms with E-state index < -0.39 is 17.6 Å². The fourth-order valence-electron chi connectivity index (χ4n) is 4.96. The molecule has 2 aliphatic rings. The second kappa shape index (κ2) is 10.4. The number of hydrogen-bond acceptors (Lipinski definition) is 7. The summed E-state index contributed by atoms with van der Waals surface area (Å²) in [5.74, 6) is -0.308. The van der Waals surface area contributed by atoms with E-state index in [4.69, 9.17) is 14.5 Å². The van der Waals surface area contributed by atoms with Gasteiger partial charge in [-0.25, -0.2) is 9.79 Å². The maximum atomic E-state index is 14.2. The summed E-state index contributed by atoms with van der Waals surface area (Å²) < 4.78 is 13.3. The van der Waals surface area contributed by atoms with Crippen molar-refractivity contribution in [2.45, 2.75) is 13.0 Å². The summed E-state index contributed by atoms with van der Waals surface area (Å²) in [5.41, 5.74) is 3.13. The third-order valence-electron chi connectivity index (χ3n) is 6.73. The van der Waals surface area contributed by atoms with Crippen LogP contribution in [0.2, 0.25) is 0 Å². The zero-order chi connectivity index (χ0) is 28.0. The van der Waals surface area contributed by atoms with Crippen LogP contribution in [0.5, 0.6) is 5.75 Å². The van der Waals surface area contributed by atoms with Gasteiger partial charge in [-0.15, -0.1) is 0 Å². The molecule has 3 heterocycles. The monoisotopic (exact) mass is 615 g/mol. The molecular weight excluding hydrogens is 594 g/mol. The number of rotatable bonds is 5. The number of halogens is 1. The second-order valence-corrected chi connectivity index (χ2v) is 10.9. The summed E-state index contributed by atoms with van der Waals surface area (Å²) in [6.45, 7) is 1.88. The number of fused-ring (bicyclic) bond motifs is 2. The molecule has 0 spiro atoms. The molecule has 8 nitrogen and oxygen atoms in total. The first-order valence-corrected chi connectivity index (χ1v) is 14.1. The molecular formula is C30H22BrN3O5S. The predicted octanol–water partition coefficient (Wildman–Crippen LogP) is 4.03. The molecule has 6 rings (SSSR count). The Morgan fingerprint density at radius 2 is 1.82 bits per heavy atom. The summed E-state index contributed by atoms with van der Waals surface area (Å²) in [7, 11) is 1.57. The first-order chi connectivity index (χ1) is 19.4. The Morgan fingerprint density at radius 3 is 2.52 bits per heavy atom. The minimum absolute atomic E-state index is 0.153. The zero-order valence-electron chi connectivity index (χ0n) is 21.4. The Morgan fingerprint density at radius 1 is 1.07 bits per heavy atom. The fourth-order valence-corrected chi connectivity index (χ4v) is 6.41. The van der Waals surface area contributed by atoms with E-state index in [2.05, 4.69) is 21.2 Å². The number of carbonyl (C=O) groups is 2. The molecule has 3 aromatic carbocycles. The standard InChI is InChI=1S/C30H22BrN3O5S/c1-3-39-29(37)23-24(16-7-5-4-6-8-16)33-30-34(25(23)17-9-12-19(38-2)13-10-17)28(36)26(40-30)22-20-15-18(31)11-14-21(20)32-27(22)35/h4-15,25H,3H2,1-2H3,(H,32,35)/b26-22-/t25-/m0/s1. The number of anilines is 1. The summed E-state index contributed by atoms with van der Waals surface area (Å²) >= 11 is 4.59. The lowest BCUT2D eigenvalue weighted by atomic mass is 9.93. The van der Waals surface area contributed by atoms with Crippen molar-refractivity contribution in [2.24, 2.45) is 4.99 Å². The SMILES string of the molecule is CCOC(=O)C1=C(c2ccccc2)N=c2s/c(=C3\C(=O)Nc4ccc(Br)cc43)c(=O)n2[C@H]1c1ccc(OC)cc1. The summed E-state index contributed by atoms with van der Waals surface area (Å²) in [6.07, 6.45) is 0. The lowest BCUT2D eigenvalue weighted by Crippen LogP contribution is -2.40. The average Bonchev–Trinajstić information content (AvgIpc) is 3.47. The number of nitrogens with one attached hydrogen (secondary N) is 1. The number of nitrogens with zero attached hydrogens (tertiary/aromatic N) is 2. The van der Waals surface area contributed by atoms with Crippen LogP contribution >= 0.6 is 27.3 Å². The van der Waals surface area contributed by atoms with Crippen molar-refractivity contribution in [1.82, 2.24) is 4.57 Å². The maximum Gasteiger partial charge on any atom is 0.338 e. The van der Waals surface area contributed by atoms with E-state index >= 15 is 0 Å². The maximum absolute atomic E-state index is 14.2. The van der Waals surface area contributed by atoms with E-state index in [9.17, 15) is 14.4 Å². The molecule has 0 fully saturated rings. The Balaban J connectivity index is 1.71. The third-order valence-corrected chi connectivity index (χ3v) is 8.28. The minimum Gasteiger partial charge on any atom is -0.497 e. The molecule has 1 amide bonds. The summed E-state index contributed by atoms with van der Waals surface area (Å²) in [5, 5.41) is 2.85. The van der Waals surface area contributed by atoms with Gasteiger partial charge in [0, 0.05) is 21.3 Å². The molecule has 1 N–H and O–H groups in total. The van der Waals surface area contributed by atoms with Gasteiger partial charge in [0.25, 0.3) is 11.5 Å². The van der Waals surface area contributed by atoms with E-state index in [0.29, 0.717) is 38.6 Å². The quantitative estimate of drug-likeness (QED) is 0.342. The Hall–Kier alpha value is -4.28. The largest absolute Gasteiger partial charge is 0.497 e. The fraction of sp³-hybridized carbons (Fsp3) is 0.133. The molecule has 0 aliphatic carbocycles. The molecule has 0 unspecified atom stereocenters. The molecule has 0 radical (unpaired) electrons. The number of ether oxygens (including phenoxy) is 2. The van der Waals surface area contributed by atoms with E-state index in [1.807, 2.05) is 48.5 Å². The van der Waals surface area contributed by atoms with Crippen molar-refractivity contribution in [3.8, 4) is 5.75 Å². The van der Waals surface area contributed by atoms with Gasteiger partial charge in [0.2, 0.25) is 0 Å². The molecule has 10 heteroatoms. The van der Waals surface area contributed by atoms with Gasteiger partial charge in [0.1, 0.15) is 10.3 Å². The van der Waals surface area contributed by atoms with Gasteiger partial charge in [-0.05, 0) is 42.8 Å². The summed E-state index contributed by atoms with van der Waals surface area (Å²) in [6, 6.07) is 21.1. The second-order valence-electron chi connectivity index (χ2n) is 9.04. The van der Waals surface area contributed by atoms with Gasteiger partial charge in [-0.2, -0.15) is 0 Å². The summed E-state index contributed by atoms with van der Waals surface area (Å²) in [4.78, 5) is 46.1. The smallest absolute Gasteiger partial charge is 0.338 e. The lowest BCUT2D eigenvalue weighted by molar-refractivity contribution is -0.138. The highest BCUT2D eigenvalue weighted by molar-refractivity contribution is 9.10. The van der Waals surface area contributed by atoms with E-state index in [0.717, 1.165) is 15.8 Å². The topological polar surface area (TPSA) is 99.0 Å². The number of amides is 1. The van der Waals surface area contributed by atoms with E-state index in [1.54, 1.807) is 38.3 Å². The number of hydrogen-bond donors (Lipinski definition) is 1. The van der Waals surface area contributed by atoms with Gasteiger partial charge >= 0.3 is 5.97 Å². The molecule has 1 atom stereocenters. The first kappa shape index (κ1) is 26.0. The van der Waals surface area contributed by atoms with E-state index in [1.165, 1.54) is 4.57 Å². The van der Waals surface area contributed by atoms with Crippen molar-refractivity contribution >= 4 is 56.1 Å². The molecule has 0 bridgehead atoms. The van der Waals surface area contributed by atoms with E-state index in [-0.39, 0.29) is 28.2 Å². The van der Waals surface area contributed by atoms with Crippen LogP contribution < -0.4 is 24.9 Å². The number of thiazole rings is 1. The molecule has 2 aliphatic heterocycles. The normalized spacial score (nSPS) is 17.1. The van der Waals surface area contributed by atoms with Gasteiger partial charge in [-0.1, -0.05) is 69.7 Å². The van der Waals surface area contributed by atoms with Crippen LogP contribution in [0.4, 0.5) is 5.69 Å². The van der Waals surface area contributed by atoms with Crippen LogP contribution in [0.15, 0.2) is 92.6 Å². The van der Waals surface area contributed by atoms with Gasteiger partial charge in [0.05, 0.1) is 36.6 Å². The molecule has 1 aromatic heterocycles. The molecule has 200 valence electrons. The zero-order valence-corrected chi connectivity index (χ0v) is 23.8. The van der Waals surface area contributed by atoms with Crippen molar-refractivity contribution in [2.75, 3.05) is 19.0 Å². The van der Waals surface area contributed by atoms with Gasteiger partial charge in [-0.3, -0.25) is 14.2 Å². The third kappa shape index (κ3) is 4.29. The average molecular weight is 616 g/mol. The highest BCUT2D eigenvalue weighted by Crippen LogP contribution is 2.36. The van der Waals surface area contributed by atoms with Crippen LogP contribution in [0.1, 0.15) is 29.7 Å². The molecule has 0 saturated carbocycles. The Bertz CT molecular complexity index is 1890. The van der Waals surface area contributed by atoms with Crippen molar-refractivity contribution in [1.29, 1.82) is 0 Å². The molecule has 4 aromatic rings. The number of methoxy groups -OCH3 is 1. The predicted molar refractivity (Wildman–Crippen MR) is 156 cm³/mol. The van der Waals surface area contributed by atoms with Crippen LogP contribution in [0.3, 0.4) is 0 Å². The Labute approximate surface area is 241 Å². The van der Waals surface area contributed by atoms with Crippen molar-refractivity contribution in [3.63, 3.8) is 0 Å².